The summed E-state index contributed by atoms with van der Waals surface area (Å²) >= 11 is 0. The Morgan fingerprint density at radius 3 is 1.57 bits per heavy atom. The first kappa shape index (κ1) is 20.1. The molecule has 0 atom stereocenters. The van der Waals surface area contributed by atoms with Crippen molar-refractivity contribution in [1.29, 1.82) is 0 Å². The fraction of sp³-hybridized carbons (Fsp3) is 0.667. The van der Waals surface area contributed by atoms with Crippen LogP contribution in [0.2, 0.25) is 0 Å². The van der Waals surface area contributed by atoms with E-state index in [1.54, 1.807) is 0 Å². The van der Waals surface area contributed by atoms with Crippen LogP contribution in [-0.2, 0) is 0 Å². The highest BCUT2D eigenvalue weighted by atomic mass is 15.3. The van der Waals surface area contributed by atoms with Crippen molar-refractivity contribution < 1.29 is 0 Å². The summed E-state index contributed by atoms with van der Waals surface area (Å²) < 4.78 is 0. The van der Waals surface area contributed by atoms with Crippen molar-refractivity contribution in [3.63, 3.8) is 0 Å². The molecule has 0 aromatic carbocycles. The summed E-state index contributed by atoms with van der Waals surface area (Å²) in [6.45, 7) is 15.9. The van der Waals surface area contributed by atoms with Gasteiger partial charge in [0.1, 0.15) is 5.79 Å². The van der Waals surface area contributed by atoms with E-state index in [4.69, 9.17) is 0 Å². The minimum atomic E-state index is -0.263. The molecule has 0 aromatic heterocycles. The SMILES string of the molecule is C=CCNC(CCCCCCCC)(NCC=C)NCC=C. The second kappa shape index (κ2) is 14.1. The monoisotopic (exact) mass is 293 g/mol. The van der Waals surface area contributed by atoms with Gasteiger partial charge in [0.25, 0.3) is 0 Å². The molecular formula is C18H35N3. The highest BCUT2D eigenvalue weighted by molar-refractivity contribution is 4.90. The number of unbranched alkanes of at least 4 members (excludes halogenated alkanes) is 5. The van der Waals surface area contributed by atoms with Crippen LogP contribution >= 0.6 is 0 Å². The highest BCUT2D eigenvalue weighted by Crippen LogP contribution is 2.12. The predicted octanol–water partition coefficient (Wildman–Crippen LogP) is 3.72. The third-order valence-electron chi connectivity index (χ3n) is 3.55. The summed E-state index contributed by atoms with van der Waals surface area (Å²) in [6, 6.07) is 0. The Bertz CT molecular complexity index is 242. The van der Waals surface area contributed by atoms with Gasteiger partial charge >= 0.3 is 0 Å². The van der Waals surface area contributed by atoms with Gasteiger partial charge in [-0.3, -0.25) is 16.0 Å². The third kappa shape index (κ3) is 10.5. The van der Waals surface area contributed by atoms with Crippen LogP contribution in [0.5, 0.6) is 0 Å². The van der Waals surface area contributed by atoms with Crippen LogP contribution < -0.4 is 16.0 Å². The van der Waals surface area contributed by atoms with Crippen molar-refractivity contribution in [3.8, 4) is 0 Å². The van der Waals surface area contributed by atoms with Gasteiger partial charge in [0, 0.05) is 19.6 Å². The first-order valence-corrected chi connectivity index (χ1v) is 8.32. The van der Waals surface area contributed by atoms with E-state index >= 15 is 0 Å². The maximum atomic E-state index is 3.80. The van der Waals surface area contributed by atoms with E-state index in [-0.39, 0.29) is 5.79 Å². The van der Waals surface area contributed by atoms with Gasteiger partial charge in [-0.2, -0.15) is 0 Å². The summed E-state index contributed by atoms with van der Waals surface area (Å²) in [5, 5.41) is 10.6. The molecule has 21 heavy (non-hydrogen) atoms. The average Bonchev–Trinajstić information content (AvgIpc) is 2.51. The van der Waals surface area contributed by atoms with Gasteiger partial charge in [-0.1, -0.05) is 57.3 Å². The zero-order chi connectivity index (χ0) is 15.8. The number of nitrogens with one attached hydrogen (secondary N) is 3. The van der Waals surface area contributed by atoms with Crippen molar-refractivity contribution in [1.82, 2.24) is 16.0 Å². The summed E-state index contributed by atoms with van der Waals surface area (Å²) in [5.74, 6) is -0.263. The molecule has 3 heteroatoms. The molecule has 122 valence electrons. The van der Waals surface area contributed by atoms with E-state index in [9.17, 15) is 0 Å². The molecule has 0 heterocycles. The summed E-state index contributed by atoms with van der Waals surface area (Å²) in [7, 11) is 0. The molecular weight excluding hydrogens is 258 g/mol. The Kier molecular flexibility index (Phi) is 13.5. The van der Waals surface area contributed by atoms with Gasteiger partial charge < -0.3 is 0 Å². The van der Waals surface area contributed by atoms with Crippen LogP contribution in [0.15, 0.2) is 38.0 Å². The molecule has 0 aromatic rings. The molecule has 0 radical (unpaired) electrons. The van der Waals surface area contributed by atoms with E-state index in [1.807, 2.05) is 18.2 Å². The van der Waals surface area contributed by atoms with Gasteiger partial charge in [-0.05, 0) is 12.8 Å². The van der Waals surface area contributed by atoms with Gasteiger partial charge in [0.05, 0.1) is 0 Å². The Balaban J connectivity index is 4.37. The molecule has 0 aliphatic heterocycles. The molecule has 0 aliphatic carbocycles. The Hall–Kier alpha value is -0.900. The number of hydrogen-bond acceptors (Lipinski definition) is 3. The van der Waals surface area contributed by atoms with Crippen LogP contribution in [0.4, 0.5) is 0 Å². The van der Waals surface area contributed by atoms with E-state index in [1.165, 1.54) is 38.5 Å². The first-order valence-electron chi connectivity index (χ1n) is 8.32. The van der Waals surface area contributed by atoms with Crippen LogP contribution in [0.3, 0.4) is 0 Å². The quantitative estimate of drug-likeness (QED) is 0.231. The lowest BCUT2D eigenvalue weighted by Crippen LogP contribution is -2.66. The Morgan fingerprint density at radius 2 is 1.14 bits per heavy atom. The second-order valence-corrected chi connectivity index (χ2v) is 5.43. The van der Waals surface area contributed by atoms with Crippen molar-refractivity contribution in [2.45, 2.75) is 57.7 Å². The van der Waals surface area contributed by atoms with Crippen LogP contribution in [-0.4, -0.2) is 25.4 Å². The van der Waals surface area contributed by atoms with Gasteiger partial charge in [-0.25, -0.2) is 0 Å². The third-order valence-corrected chi connectivity index (χ3v) is 3.55. The first-order chi connectivity index (χ1) is 10.2. The molecule has 3 N–H and O–H groups in total. The van der Waals surface area contributed by atoms with Crippen molar-refractivity contribution in [2.75, 3.05) is 19.6 Å². The van der Waals surface area contributed by atoms with Crippen LogP contribution in [0.25, 0.3) is 0 Å². The topological polar surface area (TPSA) is 36.1 Å². The summed E-state index contributed by atoms with van der Waals surface area (Å²) in [4.78, 5) is 0. The van der Waals surface area contributed by atoms with Crippen molar-refractivity contribution >= 4 is 0 Å². The summed E-state index contributed by atoms with van der Waals surface area (Å²) in [6.07, 6.45) is 14.5. The van der Waals surface area contributed by atoms with E-state index in [0.29, 0.717) is 0 Å². The fourth-order valence-electron chi connectivity index (χ4n) is 2.36. The van der Waals surface area contributed by atoms with Crippen LogP contribution in [0, 0.1) is 0 Å². The maximum absolute atomic E-state index is 3.80. The molecule has 0 saturated carbocycles. The molecule has 0 rings (SSSR count). The smallest absolute Gasteiger partial charge is 0.124 e. The standard InChI is InChI=1S/C18H35N3/c1-5-9-10-11-12-13-14-18(19-15-6-2,20-16-7-3)21-17-8-4/h6-8,19-21H,2-5,9-17H2,1H3. The molecule has 0 bridgehead atoms. The Labute approximate surface area is 132 Å². The van der Waals surface area contributed by atoms with Crippen molar-refractivity contribution in [2.24, 2.45) is 0 Å². The maximum Gasteiger partial charge on any atom is 0.124 e. The van der Waals surface area contributed by atoms with E-state index in [2.05, 4.69) is 42.6 Å². The van der Waals surface area contributed by atoms with Gasteiger partial charge in [0.2, 0.25) is 0 Å². The van der Waals surface area contributed by atoms with Gasteiger partial charge in [-0.15, -0.1) is 19.7 Å². The largest absolute Gasteiger partial charge is 0.283 e. The lowest BCUT2D eigenvalue weighted by molar-refractivity contribution is 0.196. The molecule has 0 spiro atoms. The lowest BCUT2D eigenvalue weighted by atomic mass is 10.1. The molecule has 0 fully saturated rings. The average molecular weight is 293 g/mol. The van der Waals surface area contributed by atoms with Crippen LogP contribution in [0.1, 0.15) is 51.9 Å². The molecule has 3 nitrogen and oxygen atoms in total. The minimum Gasteiger partial charge on any atom is -0.283 e. The predicted molar refractivity (Wildman–Crippen MR) is 95.3 cm³/mol. The fourth-order valence-corrected chi connectivity index (χ4v) is 2.36. The molecule has 0 saturated heterocycles. The number of hydrogen-bond donors (Lipinski definition) is 3. The second-order valence-electron chi connectivity index (χ2n) is 5.43. The van der Waals surface area contributed by atoms with E-state index < -0.39 is 0 Å². The van der Waals surface area contributed by atoms with Gasteiger partial charge in [0.15, 0.2) is 0 Å². The normalized spacial score (nSPS) is 11.3. The van der Waals surface area contributed by atoms with E-state index in [0.717, 1.165) is 26.1 Å². The Morgan fingerprint density at radius 1 is 0.714 bits per heavy atom. The molecule has 0 unspecified atom stereocenters. The highest BCUT2D eigenvalue weighted by Gasteiger charge is 2.26. The summed E-state index contributed by atoms with van der Waals surface area (Å²) in [5.41, 5.74) is 0. The molecule has 0 amide bonds. The zero-order valence-corrected chi connectivity index (χ0v) is 13.9. The number of rotatable bonds is 16. The van der Waals surface area contributed by atoms with Crippen molar-refractivity contribution in [3.05, 3.63) is 38.0 Å². The minimum absolute atomic E-state index is 0.263. The molecule has 0 aliphatic rings. The zero-order valence-electron chi connectivity index (χ0n) is 13.9. The lowest BCUT2D eigenvalue weighted by Gasteiger charge is -2.36.